The second-order valence-electron chi connectivity index (χ2n) is 8.25. The van der Waals surface area contributed by atoms with Crippen molar-refractivity contribution in [3.05, 3.63) is 96.1 Å². The van der Waals surface area contributed by atoms with E-state index >= 15 is 0 Å². The van der Waals surface area contributed by atoms with Crippen LogP contribution in [0.15, 0.2) is 89.8 Å². The van der Waals surface area contributed by atoms with Crippen molar-refractivity contribution in [2.75, 3.05) is 13.2 Å². The van der Waals surface area contributed by atoms with Crippen LogP contribution in [0.25, 0.3) is 0 Å². The number of hydrogen-bond acceptors (Lipinski definition) is 5. The number of ether oxygens (including phenoxy) is 1. The molecule has 0 bridgehead atoms. The zero-order valence-corrected chi connectivity index (χ0v) is 20.6. The van der Waals surface area contributed by atoms with Crippen LogP contribution in [-0.2, 0) is 32.5 Å². The molecule has 3 aromatic carbocycles. The zero-order valence-electron chi connectivity index (χ0n) is 19.8. The number of rotatable bonds is 14. The van der Waals surface area contributed by atoms with E-state index in [1.165, 1.54) is 17.7 Å². The molecule has 0 saturated carbocycles. The molecule has 0 aliphatic carbocycles. The van der Waals surface area contributed by atoms with Gasteiger partial charge in [-0.05, 0) is 61.1 Å². The molecule has 0 fully saturated rings. The highest BCUT2D eigenvalue weighted by Gasteiger charge is 2.26. The van der Waals surface area contributed by atoms with E-state index in [0.29, 0.717) is 17.9 Å². The summed E-state index contributed by atoms with van der Waals surface area (Å²) in [6.07, 6.45) is 2.66. The summed E-state index contributed by atoms with van der Waals surface area (Å²) in [5.41, 5.74) is 1.92. The van der Waals surface area contributed by atoms with E-state index in [4.69, 9.17) is 9.84 Å². The molecule has 8 nitrogen and oxygen atoms in total. The topological polar surface area (TPSA) is 122 Å². The molecule has 3 rings (SSSR count). The second-order valence-corrected chi connectivity index (χ2v) is 9.97. The largest absolute Gasteiger partial charge is 0.482 e. The van der Waals surface area contributed by atoms with Gasteiger partial charge in [0.1, 0.15) is 11.8 Å². The van der Waals surface area contributed by atoms with E-state index in [2.05, 4.69) is 22.2 Å². The molecule has 1 amide bonds. The number of carbonyl (C=O) groups excluding carboxylic acids is 1. The quantitative estimate of drug-likeness (QED) is 0.287. The lowest BCUT2D eigenvalue weighted by atomic mass is 10.1. The Morgan fingerprint density at radius 3 is 2.11 bits per heavy atom. The first-order valence-electron chi connectivity index (χ1n) is 11.7. The lowest BCUT2D eigenvalue weighted by Crippen LogP contribution is -2.48. The Morgan fingerprint density at radius 1 is 0.833 bits per heavy atom. The van der Waals surface area contributed by atoms with E-state index in [1.54, 1.807) is 42.5 Å². The van der Waals surface area contributed by atoms with Crippen LogP contribution in [0.1, 0.15) is 24.0 Å². The zero-order chi connectivity index (χ0) is 25.8. The Balaban J connectivity index is 1.63. The van der Waals surface area contributed by atoms with Crippen LogP contribution in [0.2, 0.25) is 0 Å². The third-order valence-electron chi connectivity index (χ3n) is 5.43. The minimum atomic E-state index is -3.92. The molecule has 9 heteroatoms. The van der Waals surface area contributed by atoms with Gasteiger partial charge in [0.15, 0.2) is 6.61 Å². The van der Waals surface area contributed by atoms with Gasteiger partial charge in [-0.2, -0.15) is 4.72 Å². The molecule has 1 atom stereocenters. The van der Waals surface area contributed by atoms with Crippen molar-refractivity contribution in [2.45, 2.75) is 36.6 Å². The molecular weight excluding hydrogens is 480 g/mol. The van der Waals surface area contributed by atoms with Crippen LogP contribution in [0.3, 0.4) is 0 Å². The Bertz CT molecular complexity index is 1220. The number of aliphatic carboxylic acids is 1. The molecule has 0 saturated heterocycles. The molecule has 0 unspecified atom stereocenters. The molecule has 3 N–H and O–H groups in total. The highest BCUT2D eigenvalue weighted by Crippen LogP contribution is 2.15. The number of sulfonamides is 1. The number of carboxylic acid groups (broad SMARTS) is 1. The molecule has 0 aromatic heterocycles. The summed E-state index contributed by atoms with van der Waals surface area (Å²) in [4.78, 5) is 23.8. The molecule has 0 radical (unpaired) electrons. The Kier molecular flexibility index (Phi) is 10.0. The van der Waals surface area contributed by atoms with Gasteiger partial charge in [-0.3, -0.25) is 4.79 Å². The lowest BCUT2D eigenvalue weighted by molar-refractivity contribution is -0.139. The average molecular weight is 511 g/mol. The number of amides is 1. The lowest BCUT2D eigenvalue weighted by Gasteiger charge is -2.19. The van der Waals surface area contributed by atoms with Gasteiger partial charge in [-0.15, -0.1) is 0 Å². The van der Waals surface area contributed by atoms with Crippen LogP contribution in [0, 0.1) is 0 Å². The fourth-order valence-electron chi connectivity index (χ4n) is 3.58. The van der Waals surface area contributed by atoms with Gasteiger partial charge in [-0.25, -0.2) is 13.2 Å². The number of benzene rings is 3. The van der Waals surface area contributed by atoms with E-state index in [-0.39, 0.29) is 11.3 Å². The van der Waals surface area contributed by atoms with E-state index < -0.39 is 34.5 Å². The van der Waals surface area contributed by atoms with Gasteiger partial charge in [0.2, 0.25) is 15.9 Å². The second kappa shape index (κ2) is 13.4. The van der Waals surface area contributed by atoms with Crippen LogP contribution >= 0.6 is 0 Å². The number of carboxylic acids is 1. The van der Waals surface area contributed by atoms with Crippen LogP contribution in [0.5, 0.6) is 5.75 Å². The summed E-state index contributed by atoms with van der Waals surface area (Å²) in [5, 5.41) is 11.6. The number of nitrogens with one attached hydrogen (secondary N) is 2. The predicted molar refractivity (Wildman–Crippen MR) is 136 cm³/mol. The number of carbonyl (C=O) groups is 2. The average Bonchev–Trinajstić information content (AvgIpc) is 2.88. The van der Waals surface area contributed by atoms with Gasteiger partial charge >= 0.3 is 5.97 Å². The van der Waals surface area contributed by atoms with Crippen LogP contribution in [-0.4, -0.2) is 44.6 Å². The van der Waals surface area contributed by atoms with Crippen molar-refractivity contribution in [3.63, 3.8) is 0 Å². The Labute approximate surface area is 211 Å². The van der Waals surface area contributed by atoms with Crippen molar-refractivity contribution in [2.24, 2.45) is 0 Å². The molecule has 0 aliphatic heterocycles. The molecule has 190 valence electrons. The van der Waals surface area contributed by atoms with Gasteiger partial charge in [0.25, 0.3) is 0 Å². The normalized spacial score (nSPS) is 12.0. The maximum Gasteiger partial charge on any atom is 0.341 e. The molecule has 36 heavy (non-hydrogen) atoms. The smallest absolute Gasteiger partial charge is 0.341 e. The molecular formula is C27H30N2O6S. The van der Waals surface area contributed by atoms with Crippen molar-refractivity contribution >= 4 is 21.9 Å². The van der Waals surface area contributed by atoms with Crippen molar-refractivity contribution in [1.29, 1.82) is 0 Å². The van der Waals surface area contributed by atoms with Crippen molar-refractivity contribution in [3.8, 4) is 5.75 Å². The number of unbranched alkanes of at least 4 members (excludes halogenated alkanes) is 1. The first-order valence-corrected chi connectivity index (χ1v) is 13.1. The fourth-order valence-corrected chi connectivity index (χ4v) is 4.80. The van der Waals surface area contributed by atoms with Crippen molar-refractivity contribution < 1.29 is 27.9 Å². The molecule has 0 heterocycles. The standard InChI is InChI=1S/C27H30N2O6S/c30-26(31)20-35-23-16-14-22(15-17-23)19-25(29-36(33,34)24-12-5-2-6-13-24)27(32)28-18-8-7-11-21-9-3-1-4-10-21/h1-6,9-10,12-17,25,29H,7-8,11,18-20H2,(H,28,32)(H,30,31)/t25-/m0/s1. The van der Waals surface area contributed by atoms with Gasteiger partial charge in [0.05, 0.1) is 4.90 Å². The summed E-state index contributed by atoms with van der Waals surface area (Å²) in [6, 6.07) is 23.4. The summed E-state index contributed by atoms with van der Waals surface area (Å²) >= 11 is 0. The van der Waals surface area contributed by atoms with E-state index in [0.717, 1.165) is 19.3 Å². The van der Waals surface area contributed by atoms with E-state index in [1.807, 2.05) is 18.2 Å². The first-order chi connectivity index (χ1) is 17.3. The Morgan fingerprint density at radius 2 is 1.47 bits per heavy atom. The SMILES string of the molecule is O=C(O)COc1ccc(C[C@H](NS(=O)(=O)c2ccccc2)C(=O)NCCCCc2ccccc2)cc1. The summed E-state index contributed by atoms with van der Waals surface area (Å²) < 4.78 is 33.5. The third-order valence-corrected chi connectivity index (χ3v) is 6.91. The maximum atomic E-state index is 13.0. The fraction of sp³-hybridized carbons (Fsp3) is 0.259. The van der Waals surface area contributed by atoms with Gasteiger partial charge in [0, 0.05) is 6.54 Å². The minimum absolute atomic E-state index is 0.0723. The molecule has 0 aliphatic rings. The Hall–Kier alpha value is -3.69. The third kappa shape index (κ3) is 8.83. The summed E-state index contributed by atoms with van der Waals surface area (Å²) in [7, 11) is -3.92. The highest BCUT2D eigenvalue weighted by atomic mass is 32.2. The maximum absolute atomic E-state index is 13.0. The first kappa shape index (κ1) is 26.9. The number of aryl methyl sites for hydroxylation is 1. The van der Waals surface area contributed by atoms with Gasteiger partial charge < -0.3 is 15.2 Å². The van der Waals surface area contributed by atoms with Crippen LogP contribution in [0.4, 0.5) is 0 Å². The molecule has 3 aromatic rings. The van der Waals surface area contributed by atoms with Crippen LogP contribution < -0.4 is 14.8 Å². The monoisotopic (exact) mass is 510 g/mol. The van der Waals surface area contributed by atoms with Crippen molar-refractivity contribution in [1.82, 2.24) is 10.0 Å². The number of hydrogen-bond donors (Lipinski definition) is 3. The van der Waals surface area contributed by atoms with E-state index in [9.17, 15) is 18.0 Å². The predicted octanol–water partition coefficient (Wildman–Crippen LogP) is 3.18. The highest BCUT2D eigenvalue weighted by molar-refractivity contribution is 7.89. The minimum Gasteiger partial charge on any atom is -0.482 e. The van der Waals surface area contributed by atoms with Gasteiger partial charge in [-0.1, -0.05) is 60.7 Å². The molecule has 0 spiro atoms. The summed E-state index contributed by atoms with van der Waals surface area (Å²) in [5.74, 6) is -1.14. The summed E-state index contributed by atoms with van der Waals surface area (Å²) in [6.45, 7) is -0.0390.